The van der Waals surface area contributed by atoms with E-state index in [-0.39, 0.29) is 5.95 Å². The van der Waals surface area contributed by atoms with Gasteiger partial charge in [-0.3, -0.25) is 0 Å². The van der Waals surface area contributed by atoms with E-state index < -0.39 is 0 Å². The van der Waals surface area contributed by atoms with E-state index in [0.717, 1.165) is 36.1 Å². The van der Waals surface area contributed by atoms with Gasteiger partial charge in [0.2, 0.25) is 5.95 Å². The van der Waals surface area contributed by atoms with Gasteiger partial charge in [0.15, 0.2) is 0 Å². The summed E-state index contributed by atoms with van der Waals surface area (Å²) in [5.74, 6) is 0.766. The molecule has 0 atom stereocenters. The number of nitrogens with zero attached hydrogens (tertiary/aromatic N) is 2. The minimum Gasteiger partial charge on any atom is -0.383 e. The van der Waals surface area contributed by atoms with Gasteiger partial charge in [0.05, 0.1) is 5.69 Å². The van der Waals surface area contributed by atoms with Crippen molar-refractivity contribution in [1.82, 2.24) is 9.97 Å². The molecule has 2 aromatic rings. The Morgan fingerprint density at radius 3 is 2.50 bits per heavy atom. The van der Waals surface area contributed by atoms with Crippen molar-refractivity contribution in [3.63, 3.8) is 0 Å². The van der Waals surface area contributed by atoms with Crippen LogP contribution in [0, 0.1) is 0 Å². The molecular formula is C16H22N4. The van der Waals surface area contributed by atoms with Crippen molar-refractivity contribution in [3.8, 4) is 11.3 Å². The second-order valence-electron chi connectivity index (χ2n) is 5.01. The smallest absolute Gasteiger partial charge is 0.222 e. The van der Waals surface area contributed by atoms with Crippen molar-refractivity contribution < 1.29 is 0 Å². The highest BCUT2D eigenvalue weighted by molar-refractivity contribution is 5.72. The topological polar surface area (TPSA) is 77.8 Å². The summed E-state index contributed by atoms with van der Waals surface area (Å²) in [5, 5.41) is 0. The van der Waals surface area contributed by atoms with E-state index in [9.17, 15) is 0 Å². The number of nitrogen functional groups attached to an aromatic ring is 2. The van der Waals surface area contributed by atoms with Crippen LogP contribution in [0.15, 0.2) is 24.3 Å². The summed E-state index contributed by atoms with van der Waals surface area (Å²) in [5.41, 5.74) is 16.0. The van der Waals surface area contributed by atoms with Gasteiger partial charge in [-0.15, -0.1) is 0 Å². The van der Waals surface area contributed by atoms with Gasteiger partial charge in [-0.25, -0.2) is 4.98 Å². The molecule has 0 fully saturated rings. The zero-order valence-electron chi connectivity index (χ0n) is 12.2. The highest BCUT2D eigenvalue weighted by Gasteiger charge is 2.18. The number of hydrogen-bond donors (Lipinski definition) is 2. The van der Waals surface area contributed by atoms with Crippen LogP contribution in [0.2, 0.25) is 0 Å². The van der Waals surface area contributed by atoms with Crippen LogP contribution in [0.5, 0.6) is 0 Å². The van der Waals surface area contributed by atoms with Gasteiger partial charge in [-0.1, -0.05) is 44.5 Å². The maximum Gasteiger partial charge on any atom is 0.222 e. The van der Waals surface area contributed by atoms with Gasteiger partial charge in [-0.05, 0) is 24.8 Å². The Kier molecular flexibility index (Phi) is 4.56. The molecule has 1 aliphatic rings. The number of hydrogen-bond acceptors (Lipinski definition) is 4. The summed E-state index contributed by atoms with van der Waals surface area (Å²) in [4.78, 5) is 8.41. The average Bonchev–Trinajstić information content (AvgIpc) is 2.60. The third-order valence-electron chi connectivity index (χ3n) is 3.20. The Labute approximate surface area is 120 Å². The summed E-state index contributed by atoms with van der Waals surface area (Å²) in [6.07, 6.45) is 4.28. The molecule has 0 unspecified atom stereocenters. The first-order chi connectivity index (χ1) is 9.67. The molecule has 0 saturated heterocycles. The van der Waals surface area contributed by atoms with Crippen LogP contribution in [0.1, 0.15) is 37.8 Å². The molecule has 4 nitrogen and oxygen atoms in total. The molecular weight excluding hydrogens is 248 g/mol. The molecule has 1 aromatic heterocycles. The van der Waals surface area contributed by atoms with Gasteiger partial charge in [0, 0.05) is 11.1 Å². The maximum atomic E-state index is 5.94. The molecule has 0 spiro atoms. The van der Waals surface area contributed by atoms with Crippen molar-refractivity contribution in [1.29, 1.82) is 0 Å². The second kappa shape index (κ2) is 6.37. The van der Waals surface area contributed by atoms with E-state index in [0.29, 0.717) is 5.82 Å². The summed E-state index contributed by atoms with van der Waals surface area (Å²) in [6.45, 7) is 4.25. The molecule has 1 heterocycles. The highest BCUT2D eigenvalue weighted by Crippen LogP contribution is 2.33. The average molecular weight is 270 g/mol. The van der Waals surface area contributed by atoms with E-state index in [4.69, 9.17) is 11.5 Å². The Balaban J connectivity index is 0.000000452. The van der Waals surface area contributed by atoms with Gasteiger partial charge >= 0.3 is 0 Å². The van der Waals surface area contributed by atoms with Crippen molar-refractivity contribution in [2.45, 2.75) is 39.5 Å². The third kappa shape index (κ3) is 2.90. The zero-order chi connectivity index (χ0) is 14.5. The number of aryl methyl sites for hydroxylation is 1. The third-order valence-corrected chi connectivity index (χ3v) is 3.20. The largest absolute Gasteiger partial charge is 0.383 e. The molecule has 0 amide bonds. The van der Waals surface area contributed by atoms with E-state index >= 15 is 0 Å². The first-order valence-corrected chi connectivity index (χ1v) is 7.17. The van der Waals surface area contributed by atoms with E-state index in [2.05, 4.69) is 42.0 Å². The Morgan fingerprint density at radius 2 is 1.75 bits per heavy atom. The highest BCUT2D eigenvalue weighted by atomic mass is 15.0. The summed E-state index contributed by atoms with van der Waals surface area (Å²) < 4.78 is 0. The quantitative estimate of drug-likeness (QED) is 0.770. The number of rotatable bonds is 0. The lowest BCUT2D eigenvalue weighted by atomic mass is 10.0. The molecule has 1 aliphatic carbocycles. The van der Waals surface area contributed by atoms with E-state index in [1.165, 1.54) is 12.0 Å². The molecule has 4 heteroatoms. The Morgan fingerprint density at radius 1 is 1.05 bits per heavy atom. The fraction of sp³-hybridized carbons (Fsp3) is 0.375. The van der Waals surface area contributed by atoms with Crippen LogP contribution in [0.4, 0.5) is 11.8 Å². The summed E-state index contributed by atoms with van der Waals surface area (Å²) in [7, 11) is 0. The van der Waals surface area contributed by atoms with E-state index in [1.54, 1.807) is 0 Å². The molecule has 4 N–H and O–H groups in total. The predicted molar refractivity (Wildman–Crippen MR) is 84.3 cm³/mol. The van der Waals surface area contributed by atoms with Crippen molar-refractivity contribution in [2.75, 3.05) is 11.5 Å². The molecule has 1 aromatic carbocycles. The second-order valence-corrected chi connectivity index (χ2v) is 5.01. The first-order valence-electron chi connectivity index (χ1n) is 7.17. The minimum absolute atomic E-state index is 0.248. The fourth-order valence-corrected chi connectivity index (χ4v) is 2.41. The van der Waals surface area contributed by atoms with Crippen LogP contribution in [0.3, 0.4) is 0 Å². The van der Waals surface area contributed by atoms with Crippen LogP contribution in [-0.2, 0) is 12.8 Å². The maximum absolute atomic E-state index is 5.94. The molecule has 0 radical (unpaired) electrons. The first kappa shape index (κ1) is 14.3. The number of anilines is 2. The number of nitrogens with two attached hydrogens (primary N) is 2. The summed E-state index contributed by atoms with van der Waals surface area (Å²) in [6, 6.07) is 8.28. The minimum atomic E-state index is 0.248. The van der Waals surface area contributed by atoms with Gasteiger partial charge in [0.25, 0.3) is 0 Å². The molecule has 0 saturated carbocycles. The van der Waals surface area contributed by atoms with Gasteiger partial charge in [0.1, 0.15) is 5.82 Å². The molecule has 0 aliphatic heterocycles. The van der Waals surface area contributed by atoms with Crippen molar-refractivity contribution in [2.24, 2.45) is 0 Å². The molecule has 0 bridgehead atoms. The van der Waals surface area contributed by atoms with Gasteiger partial charge < -0.3 is 11.5 Å². The lowest BCUT2D eigenvalue weighted by molar-refractivity contribution is 0.832. The van der Waals surface area contributed by atoms with Crippen molar-refractivity contribution >= 4 is 11.8 Å². The predicted octanol–water partition coefficient (Wildman–Crippen LogP) is 3.21. The monoisotopic (exact) mass is 270 g/mol. The number of benzene rings is 1. The van der Waals surface area contributed by atoms with Crippen LogP contribution in [-0.4, -0.2) is 9.97 Å². The normalized spacial score (nSPS) is 12.5. The van der Waals surface area contributed by atoms with E-state index in [1.807, 2.05) is 6.07 Å². The summed E-state index contributed by atoms with van der Waals surface area (Å²) >= 11 is 0. The standard InChI is InChI=1S/C13H14N4.C3H8/c14-12-10-7-3-5-8-4-1-2-6-9(8)11(10)16-13(15)17-12;1-3-2/h1-2,4,6H,3,5,7H2,(H4,14,15,16,17);3H2,1-2H3. The number of aromatic nitrogens is 2. The SMILES string of the molecule is CCC.Nc1nc(N)c2c(n1)-c1ccccc1CCC2. The Bertz CT molecular complexity index is 593. The van der Waals surface area contributed by atoms with Crippen LogP contribution >= 0.6 is 0 Å². The van der Waals surface area contributed by atoms with Crippen molar-refractivity contribution in [3.05, 3.63) is 35.4 Å². The zero-order valence-corrected chi connectivity index (χ0v) is 12.2. The fourth-order valence-electron chi connectivity index (χ4n) is 2.41. The lowest BCUT2D eigenvalue weighted by Crippen LogP contribution is -2.06. The Hall–Kier alpha value is -2.10. The molecule has 106 valence electrons. The van der Waals surface area contributed by atoms with Crippen LogP contribution in [0.25, 0.3) is 11.3 Å². The lowest BCUT2D eigenvalue weighted by Gasteiger charge is -2.10. The molecule has 3 rings (SSSR count). The number of fused-ring (bicyclic) bond motifs is 3. The molecule has 20 heavy (non-hydrogen) atoms. The van der Waals surface area contributed by atoms with Crippen LogP contribution < -0.4 is 11.5 Å². The van der Waals surface area contributed by atoms with Gasteiger partial charge in [-0.2, -0.15) is 4.98 Å².